The first kappa shape index (κ1) is 14.9. The highest BCUT2D eigenvalue weighted by Crippen LogP contribution is 2.25. The molecule has 0 amide bonds. The van der Waals surface area contributed by atoms with E-state index in [-0.39, 0.29) is 5.69 Å². The van der Waals surface area contributed by atoms with E-state index in [1.807, 2.05) is 47.4 Å². The highest BCUT2D eigenvalue weighted by atomic mass is 16.1. The smallest absolute Gasteiger partial charge is 0.317 e. The van der Waals surface area contributed by atoms with Gasteiger partial charge < -0.3 is 4.57 Å². The molecular weight excluding hydrogens is 302 g/mol. The van der Waals surface area contributed by atoms with Crippen molar-refractivity contribution in [2.75, 3.05) is 0 Å². The molecule has 0 spiro atoms. The largest absolute Gasteiger partial charge is 0.333 e. The second-order valence-electron chi connectivity index (χ2n) is 6.36. The number of allylic oxidation sites excluding steroid dienone is 2. The molecule has 3 aromatic rings. The van der Waals surface area contributed by atoms with E-state index >= 15 is 0 Å². The predicted octanol–water partition coefficient (Wildman–Crippen LogP) is 2.70. The number of hydrogen-bond donors (Lipinski definition) is 0. The summed E-state index contributed by atoms with van der Waals surface area (Å²) >= 11 is 0. The van der Waals surface area contributed by atoms with E-state index in [4.69, 9.17) is 0 Å². The number of rotatable bonds is 3. The van der Waals surface area contributed by atoms with Crippen molar-refractivity contribution in [3.8, 4) is 0 Å². The molecule has 24 heavy (non-hydrogen) atoms. The SMILES string of the molecule is Cc1nnc(Cn2c(=O)n(C3=CCCCC3)c3ccccc32)n1C. The lowest BCUT2D eigenvalue weighted by Crippen LogP contribution is -2.25. The van der Waals surface area contributed by atoms with Gasteiger partial charge in [0.05, 0.1) is 17.6 Å². The molecule has 0 fully saturated rings. The van der Waals surface area contributed by atoms with E-state index in [0.29, 0.717) is 6.54 Å². The van der Waals surface area contributed by atoms with Gasteiger partial charge in [0.1, 0.15) is 5.82 Å². The molecule has 6 nitrogen and oxygen atoms in total. The summed E-state index contributed by atoms with van der Waals surface area (Å²) < 4.78 is 5.60. The van der Waals surface area contributed by atoms with Gasteiger partial charge in [0.25, 0.3) is 0 Å². The lowest BCUT2D eigenvalue weighted by Gasteiger charge is -2.13. The van der Waals surface area contributed by atoms with Crippen LogP contribution in [-0.4, -0.2) is 23.9 Å². The number of para-hydroxylation sites is 2. The lowest BCUT2D eigenvalue weighted by atomic mass is 10.0. The fourth-order valence-corrected chi connectivity index (χ4v) is 3.39. The normalized spacial score (nSPS) is 15.0. The van der Waals surface area contributed by atoms with Crippen LogP contribution in [0, 0.1) is 6.92 Å². The molecule has 1 aliphatic rings. The van der Waals surface area contributed by atoms with Crippen LogP contribution in [-0.2, 0) is 13.6 Å². The average Bonchev–Trinajstić information content (AvgIpc) is 3.07. The van der Waals surface area contributed by atoms with Crippen molar-refractivity contribution >= 4 is 16.7 Å². The van der Waals surface area contributed by atoms with Gasteiger partial charge in [0.15, 0.2) is 5.82 Å². The molecule has 4 rings (SSSR count). The van der Waals surface area contributed by atoms with Crippen molar-refractivity contribution in [1.82, 2.24) is 23.9 Å². The zero-order valence-electron chi connectivity index (χ0n) is 14.1. The van der Waals surface area contributed by atoms with Gasteiger partial charge in [-0.1, -0.05) is 18.2 Å². The fraction of sp³-hybridized carbons (Fsp3) is 0.389. The second kappa shape index (κ2) is 5.78. The Balaban J connectivity index is 1.90. The molecule has 0 N–H and O–H groups in total. The van der Waals surface area contributed by atoms with Gasteiger partial charge in [-0.25, -0.2) is 4.79 Å². The molecule has 0 aliphatic heterocycles. The van der Waals surface area contributed by atoms with Gasteiger partial charge in [-0.2, -0.15) is 0 Å². The fourth-order valence-electron chi connectivity index (χ4n) is 3.39. The first-order valence-electron chi connectivity index (χ1n) is 8.41. The molecule has 0 saturated heterocycles. The zero-order chi connectivity index (χ0) is 16.7. The van der Waals surface area contributed by atoms with E-state index in [0.717, 1.165) is 47.6 Å². The summed E-state index contributed by atoms with van der Waals surface area (Å²) in [5.74, 6) is 1.63. The molecule has 0 saturated carbocycles. The van der Waals surface area contributed by atoms with Crippen LogP contribution in [0.4, 0.5) is 0 Å². The summed E-state index contributed by atoms with van der Waals surface area (Å²) in [6.07, 6.45) is 6.55. The second-order valence-corrected chi connectivity index (χ2v) is 6.36. The Morgan fingerprint density at radius 3 is 2.58 bits per heavy atom. The maximum atomic E-state index is 13.1. The molecule has 6 heteroatoms. The quantitative estimate of drug-likeness (QED) is 0.744. The first-order valence-corrected chi connectivity index (χ1v) is 8.41. The van der Waals surface area contributed by atoms with Crippen molar-refractivity contribution in [2.24, 2.45) is 7.05 Å². The van der Waals surface area contributed by atoms with Crippen molar-refractivity contribution in [1.29, 1.82) is 0 Å². The van der Waals surface area contributed by atoms with Crippen LogP contribution in [0.3, 0.4) is 0 Å². The number of aromatic nitrogens is 5. The van der Waals surface area contributed by atoms with E-state index in [1.165, 1.54) is 6.42 Å². The third-order valence-electron chi connectivity index (χ3n) is 4.87. The molecule has 0 atom stereocenters. The van der Waals surface area contributed by atoms with Crippen molar-refractivity contribution in [2.45, 2.75) is 39.2 Å². The molecular formula is C18H21N5O. The summed E-state index contributed by atoms with van der Waals surface area (Å²) in [5, 5.41) is 8.31. The maximum Gasteiger partial charge on any atom is 0.333 e. The Morgan fingerprint density at radius 2 is 1.92 bits per heavy atom. The van der Waals surface area contributed by atoms with Crippen LogP contribution >= 0.6 is 0 Å². The standard InChI is InChI=1S/C18H21N5O/c1-13-19-20-17(21(13)2)12-22-15-10-6-7-11-16(15)23(18(22)24)14-8-4-3-5-9-14/h6-8,10-11H,3-5,9,12H2,1-2H3. The van der Waals surface area contributed by atoms with Crippen molar-refractivity contribution in [3.05, 3.63) is 52.5 Å². The number of fused-ring (bicyclic) bond motifs is 1. The maximum absolute atomic E-state index is 13.1. The summed E-state index contributed by atoms with van der Waals surface area (Å²) in [6, 6.07) is 7.97. The number of hydrogen-bond acceptors (Lipinski definition) is 3. The van der Waals surface area contributed by atoms with E-state index in [2.05, 4.69) is 16.3 Å². The Bertz CT molecular complexity index is 989. The highest BCUT2D eigenvalue weighted by Gasteiger charge is 2.18. The molecule has 0 bridgehead atoms. The summed E-state index contributed by atoms with van der Waals surface area (Å²) in [7, 11) is 1.93. The topological polar surface area (TPSA) is 57.6 Å². The molecule has 2 aromatic heterocycles. The number of benzene rings is 1. The predicted molar refractivity (Wildman–Crippen MR) is 93.8 cm³/mol. The van der Waals surface area contributed by atoms with Crippen LogP contribution in [0.5, 0.6) is 0 Å². The number of nitrogens with zero attached hydrogens (tertiary/aromatic N) is 5. The lowest BCUT2D eigenvalue weighted by molar-refractivity contribution is 0.668. The van der Waals surface area contributed by atoms with Gasteiger partial charge in [-0.05, 0) is 44.7 Å². The number of imidazole rings is 1. The van der Waals surface area contributed by atoms with E-state index < -0.39 is 0 Å². The Hall–Kier alpha value is -2.63. The van der Waals surface area contributed by atoms with Crippen molar-refractivity contribution < 1.29 is 0 Å². The molecule has 1 aliphatic carbocycles. The average molecular weight is 323 g/mol. The van der Waals surface area contributed by atoms with Gasteiger partial charge >= 0.3 is 5.69 Å². The minimum atomic E-state index is 0.00463. The molecule has 1 aromatic carbocycles. The van der Waals surface area contributed by atoms with E-state index in [1.54, 1.807) is 4.57 Å². The zero-order valence-corrected chi connectivity index (χ0v) is 14.1. The highest BCUT2D eigenvalue weighted by molar-refractivity contribution is 5.80. The molecule has 0 radical (unpaired) electrons. The Morgan fingerprint density at radius 1 is 1.12 bits per heavy atom. The monoisotopic (exact) mass is 323 g/mol. The first-order chi connectivity index (χ1) is 11.7. The molecule has 2 heterocycles. The van der Waals surface area contributed by atoms with Crippen molar-refractivity contribution in [3.63, 3.8) is 0 Å². The van der Waals surface area contributed by atoms with Gasteiger partial charge in [-0.3, -0.25) is 9.13 Å². The molecule has 124 valence electrons. The van der Waals surface area contributed by atoms with Crippen LogP contribution in [0.25, 0.3) is 16.7 Å². The summed E-state index contributed by atoms with van der Waals surface area (Å²) in [4.78, 5) is 13.1. The third kappa shape index (κ3) is 2.29. The molecule has 0 unspecified atom stereocenters. The van der Waals surface area contributed by atoms with Gasteiger partial charge in [0.2, 0.25) is 0 Å². The van der Waals surface area contributed by atoms with Gasteiger partial charge in [-0.15, -0.1) is 10.2 Å². The Kier molecular flexibility index (Phi) is 3.59. The number of aryl methyl sites for hydroxylation is 1. The summed E-state index contributed by atoms with van der Waals surface area (Å²) in [5.41, 5.74) is 3.03. The summed E-state index contributed by atoms with van der Waals surface area (Å²) in [6.45, 7) is 2.34. The van der Waals surface area contributed by atoms with E-state index in [9.17, 15) is 4.79 Å². The van der Waals surface area contributed by atoms with Gasteiger partial charge in [0, 0.05) is 12.7 Å². The Labute approximate surface area is 140 Å². The third-order valence-corrected chi connectivity index (χ3v) is 4.87. The van der Waals surface area contributed by atoms with Crippen LogP contribution < -0.4 is 5.69 Å². The minimum absolute atomic E-state index is 0.00463. The minimum Gasteiger partial charge on any atom is -0.317 e. The van der Waals surface area contributed by atoms with Crippen LogP contribution in [0.1, 0.15) is 37.3 Å². The van der Waals surface area contributed by atoms with Crippen LogP contribution in [0.2, 0.25) is 0 Å². The van der Waals surface area contributed by atoms with Crippen LogP contribution in [0.15, 0.2) is 35.1 Å².